The van der Waals surface area contributed by atoms with Crippen molar-refractivity contribution in [3.05, 3.63) is 69.2 Å². The number of nitro groups is 1. The molecule has 1 atom stereocenters. The molecule has 0 aliphatic rings. The second-order valence-electron chi connectivity index (χ2n) is 6.58. The summed E-state index contributed by atoms with van der Waals surface area (Å²) < 4.78 is 10.1. The van der Waals surface area contributed by atoms with Gasteiger partial charge in [0, 0.05) is 10.9 Å². The fourth-order valence-electron chi connectivity index (χ4n) is 2.60. The molecule has 1 heterocycles. The molecule has 0 fully saturated rings. The average molecular weight is 441 g/mol. The van der Waals surface area contributed by atoms with Crippen LogP contribution in [0.2, 0.25) is 0 Å². The van der Waals surface area contributed by atoms with Crippen LogP contribution in [0.3, 0.4) is 0 Å². The van der Waals surface area contributed by atoms with E-state index in [1.54, 1.807) is 5.38 Å². The third-order valence-electron chi connectivity index (χ3n) is 4.32. The second-order valence-corrected chi connectivity index (χ2v) is 7.44. The summed E-state index contributed by atoms with van der Waals surface area (Å²) in [5.41, 5.74) is 1.68. The Labute approximate surface area is 181 Å². The van der Waals surface area contributed by atoms with E-state index in [0.717, 1.165) is 11.1 Å². The number of carbonyl (C=O) groups excluding carboxylic acids is 2. The van der Waals surface area contributed by atoms with Crippen molar-refractivity contribution in [2.45, 2.75) is 20.0 Å². The van der Waals surface area contributed by atoms with Crippen molar-refractivity contribution in [2.24, 2.45) is 0 Å². The highest BCUT2D eigenvalue weighted by molar-refractivity contribution is 7.13. The first kappa shape index (κ1) is 21.9. The van der Waals surface area contributed by atoms with Gasteiger partial charge in [0.2, 0.25) is 0 Å². The normalized spacial score (nSPS) is 11.5. The van der Waals surface area contributed by atoms with Gasteiger partial charge < -0.3 is 14.8 Å². The number of esters is 1. The highest BCUT2D eigenvalue weighted by Crippen LogP contribution is 2.29. The van der Waals surface area contributed by atoms with Gasteiger partial charge in [0.05, 0.1) is 18.1 Å². The molecule has 0 aliphatic carbocycles. The minimum atomic E-state index is -1.20. The second kappa shape index (κ2) is 9.35. The molecule has 160 valence electrons. The van der Waals surface area contributed by atoms with E-state index < -0.39 is 22.9 Å². The first-order chi connectivity index (χ1) is 14.8. The van der Waals surface area contributed by atoms with Gasteiger partial charge in [-0.15, -0.1) is 11.3 Å². The number of methoxy groups -OCH3 is 1. The number of hydrogen-bond acceptors (Lipinski definition) is 8. The monoisotopic (exact) mass is 441 g/mol. The van der Waals surface area contributed by atoms with E-state index in [1.807, 2.05) is 31.2 Å². The lowest BCUT2D eigenvalue weighted by molar-refractivity contribution is -0.384. The minimum Gasteiger partial charge on any atom is -0.496 e. The predicted molar refractivity (Wildman–Crippen MR) is 115 cm³/mol. The van der Waals surface area contributed by atoms with Crippen LogP contribution in [0.4, 0.5) is 11.4 Å². The molecule has 10 heteroatoms. The smallest absolute Gasteiger partial charge is 0.358 e. The molecule has 0 bridgehead atoms. The number of ether oxygens (including phenoxy) is 2. The van der Waals surface area contributed by atoms with Gasteiger partial charge in [-0.2, -0.15) is 0 Å². The predicted octanol–water partition coefficient (Wildman–Crippen LogP) is 4.22. The zero-order valence-electron chi connectivity index (χ0n) is 16.9. The van der Waals surface area contributed by atoms with Crippen molar-refractivity contribution in [3.8, 4) is 16.3 Å². The maximum absolute atomic E-state index is 12.4. The molecule has 0 radical (unpaired) electrons. The summed E-state index contributed by atoms with van der Waals surface area (Å²) in [4.78, 5) is 39.7. The summed E-state index contributed by atoms with van der Waals surface area (Å²) in [5, 5.41) is 15.9. The fourth-order valence-corrected chi connectivity index (χ4v) is 3.40. The van der Waals surface area contributed by atoms with Crippen LogP contribution in [0.5, 0.6) is 5.75 Å². The maximum Gasteiger partial charge on any atom is 0.358 e. The van der Waals surface area contributed by atoms with E-state index in [4.69, 9.17) is 9.47 Å². The van der Waals surface area contributed by atoms with Crippen LogP contribution in [0.15, 0.2) is 47.8 Å². The number of thiazole rings is 1. The Morgan fingerprint density at radius 3 is 2.55 bits per heavy atom. The Bertz CT molecular complexity index is 1130. The Hall–Kier alpha value is -3.79. The molecule has 3 aromatic rings. The summed E-state index contributed by atoms with van der Waals surface area (Å²) in [5.74, 6) is -1.20. The molecule has 0 saturated carbocycles. The summed E-state index contributed by atoms with van der Waals surface area (Å²) in [6, 6.07) is 11.7. The Morgan fingerprint density at radius 1 is 1.19 bits per heavy atom. The molecule has 1 N–H and O–H groups in total. The zero-order chi connectivity index (χ0) is 22.5. The highest BCUT2D eigenvalue weighted by atomic mass is 32.1. The lowest BCUT2D eigenvalue weighted by Gasteiger charge is -2.13. The average Bonchev–Trinajstić information content (AvgIpc) is 3.24. The quantitative estimate of drug-likeness (QED) is 0.331. The van der Waals surface area contributed by atoms with Crippen LogP contribution in [-0.2, 0) is 9.53 Å². The van der Waals surface area contributed by atoms with Gasteiger partial charge in [-0.25, -0.2) is 9.78 Å². The number of nitrogens with one attached hydrogen (secondary N) is 1. The van der Waals surface area contributed by atoms with Gasteiger partial charge in [0.1, 0.15) is 16.4 Å². The molecular formula is C21H19N3O6S. The topological polar surface area (TPSA) is 121 Å². The van der Waals surface area contributed by atoms with Gasteiger partial charge in [-0.05, 0) is 26.0 Å². The third-order valence-corrected chi connectivity index (χ3v) is 5.22. The van der Waals surface area contributed by atoms with Gasteiger partial charge >= 0.3 is 5.97 Å². The summed E-state index contributed by atoms with van der Waals surface area (Å²) >= 11 is 1.28. The molecule has 1 amide bonds. The third kappa shape index (κ3) is 5.23. The Balaban J connectivity index is 1.67. The van der Waals surface area contributed by atoms with E-state index >= 15 is 0 Å². The summed E-state index contributed by atoms with van der Waals surface area (Å²) in [6.07, 6.45) is -1.20. The zero-order valence-corrected chi connectivity index (χ0v) is 17.8. The molecule has 1 unspecified atom stereocenters. The van der Waals surface area contributed by atoms with E-state index in [-0.39, 0.29) is 22.8 Å². The van der Waals surface area contributed by atoms with E-state index in [0.29, 0.717) is 5.01 Å². The van der Waals surface area contributed by atoms with E-state index in [2.05, 4.69) is 10.3 Å². The SMILES string of the molecule is COc1ccc(NC(=O)C(C)OC(=O)c2csc(-c3ccc(C)cc3)n2)c([N+](=O)[O-])c1. The van der Waals surface area contributed by atoms with Crippen molar-refractivity contribution >= 4 is 34.6 Å². The minimum absolute atomic E-state index is 0.0333. The van der Waals surface area contributed by atoms with Crippen molar-refractivity contribution in [2.75, 3.05) is 12.4 Å². The van der Waals surface area contributed by atoms with Crippen LogP contribution >= 0.6 is 11.3 Å². The number of aromatic nitrogens is 1. The van der Waals surface area contributed by atoms with Crippen molar-refractivity contribution < 1.29 is 24.0 Å². The Morgan fingerprint density at radius 2 is 1.90 bits per heavy atom. The molecule has 31 heavy (non-hydrogen) atoms. The van der Waals surface area contributed by atoms with Gasteiger partial charge in [-0.1, -0.05) is 29.8 Å². The number of anilines is 1. The largest absolute Gasteiger partial charge is 0.496 e. The Kier molecular flexibility index (Phi) is 6.61. The number of aryl methyl sites for hydroxylation is 1. The van der Waals surface area contributed by atoms with Crippen LogP contribution in [0.1, 0.15) is 23.0 Å². The lowest BCUT2D eigenvalue weighted by atomic mass is 10.2. The van der Waals surface area contributed by atoms with Crippen LogP contribution < -0.4 is 10.1 Å². The molecule has 9 nitrogen and oxygen atoms in total. The lowest BCUT2D eigenvalue weighted by Crippen LogP contribution is -2.30. The molecule has 3 rings (SSSR count). The molecule has 2 aromatic carbocycles. The molecular weight excluding hydrogens is 422 g/mol. The molecule has 1 aromatic heterocycles. The number of hydrogen-bond donors (Lipinski definition) is 1. The van der Waals surface area contributed by atoms with Crippen molar-refractivity contribution in [1.29, 1.82) is 0 Å². The number of nitro benzene ring substituents is 1. The van der Waals surface area contributed by atoms with E-state index in [1.165, 1.54) is 43.6 Å². The molecule has 0 saturated heterocycles. The summed E-state index contributed by atoms with van der Waals surface area (Å²) in [6.45, 7) is 3.34. The molecule has 0 spiro atoms. The van der Waals surface area contributed by atoms with E-state index in [9.17, 15) is 19.7 Å². The van der Waals surface area contributed by atoms with Crippen LogP contribution in [0, 0.1) is 17.0 Å². The van der Waals surface area contributed by atoms with Crippen LogP contribution in [0.25, 0.3) is 10.6 Å². The maximum atomic E-state index is 12.4. The van der Waals surface area contributed by atoms with Gasteiger partial charge in [0.25, 0.3) is 11.6 Å². The van der Waals surface area contributed by atoms with Crippen LogP contribution in [-0.4, -0.2) is 35.0 Å². The highest BCUT2D eigenvalue weighted by Gasteiger charge is 2.24. The number of benzene rings is 2. The number of rotatable bonds is 7. The number of nitrogens with zero attached hydrogens (tertiary/aromatic N) is 2. The van der Waals surface area contributed by atoms with Gasteiger partial charge in [0.15, 0.2) is 11.8 Å². The number of carbonyl (C=O) groups is 2. The first-order valence-electron chi connectivity index (χ1n) is 9.15. The first-order valence-corrected chi connectivity index (χ1v) is 10.0. The standard InChI is InChI=1S/C21H19N3O6S/c1-12-4-6-14(7-5-12)20-23-17(11-31-20)21(26)30-13(2)19(25)22-16-9-8-15(29-3)10-18(16)24(27)28/h4-11,13H,1-3H3,(H,22,25). The van der Waals surface area contributed by atoms with Crippen molar-refractivity contribution in [3.63, 3.8) is 0 Å². The van der Waals surface area contributed by atoms with Gasteiger partial charge in [-0.3, -0.25) is 14.9 Å². The van der Waals surface area contributed by atoms with Crippen molar-refractivity contribution in [1.82, 2.24) is 4.98 Å². The number of amides is 1. The summed E-state index contributed by atoms with van der Waals surface area (Å²) in [7, 11) is 1.38. The fraction of sp³-hybridized carbons (Fsp3) is 0.190. The molecule has 0 aliphatic heterocycles.